The molecule has 1 aromatic carbocycles. The van der Waals surface area contributed by atoms with E-state index in [1.165, 1.54) is 30.2 Å². The molecule has 2 N–H and O–H groups in total. The van der Waals surface area contributed by atoms with E-state index in [9.17, 15) is 14.0 Å². The molecule has 0 heterocycles. The summed E-state index contributed by atoms with van der Waals surface area (Å²) in [6.07, 6.45) is 1.65. The summed E-state index contributed by atoms with van der Waals surface area (Å²) in [5, 5.41) is 11.4. The van der Waals surface area contributed by atoms with E-state index in [2.05, 4.69) is 5.32 Å². The van der Waals surface area contributed by atoms with E-state index in [1.807, 2.05) is 0 Å². The highest BCUT2D eigenvalue weighted by Gasteiger charge is 2.32. The maximum absolute atomic E-state index is 13.3. The third-order valence-electron chi connectivity index (χ3n) is 3.22. The van der Waals surface area contributed by atoms with Crippen LogP contribution in [0.2, 0.25) is 0 Å². The van der Waals surface area contributed by atoms with Gasteiger partial charge in [0.1, 0.15) is 0 Å². The van der Waals surface area contributed by atoms with Crippen LogP contribution in [0.3, 0.4) is 0 Å². The molecule has 0 unspecified atom stereocenters. The van der Waals surface area contributed by atoms with Gasteiger partial charge in [0.15, 0.2) is 11.6 Å². The second kappa shape index (κ2) is 6.43. The van der Waals surface area contributed by atoms with Crippen LogP contribution in [0.5, 0.6) is 5.75 Å². The SMILES string of the molecule is COc1cc(NC(=O)N(CCC(=O)O)C2CC2)ccc1F. The monoisotopic (exact) mass is 296 g/mol. The Morgan fingerprint density at radius 2 is 2.19 bits per heavy atom. The predicted octanol–water partition coefficient (Wildman–Crippen LogP) is 2.31. The summed E-state index contributed by atoms with van der Waals surface area (Å²) in [5.74, 6) is -1.42. The zero-order chi connectivity index (χ0) is 15.4. The number of ether oxygens (including phenoxy) is 1. The van der Waals surface area contributed by atoms with E-state index < -0.39 is 11.8 Å². The number of halogens is 1. The van der Waals surface area contributed by atoms with E-state index in [0.29, 0.717) is 5.69 Å². The number of carbonyl (C=O) groups excluding carboxylic acids is 1. The molecule has 7 heteroatoms. The Kier molecular flexibility index (Phi) is 4.62. The van der Waals surface area contributed by atoms with Gasteiger partial charge in [-0.25, -0.2) is 9.18 Å². The molecule has 0 bridgehead atoms. The molecule has 2 rings (SSSR count). The molecule has 1 aromatic rings. The maximum atomic E-state index is 13.3. The number of urea groups is 1. The summed E-state index contributed by atoms with van der Waals surface area (Å²) in [6, 6.07) is 3.72. The number of nitrogens with zero attached hydrogens (tertiary/aromatic N) is 1. The lowest BCUT2D eigenvalue weighted by Crippen LogP contribution is -2.38. The molecule has 1 fully saturated rings. The lowest BCUT2D eigenvalue weighted by atomic mass is 10.3. The highest BCUT2D eigenvalue weighted by atomic mass is 19.1. The van der Waals surface area contributed by atoms with Crippen molar-refractivity contribution in [1.82, 2.24) is 4.90 Å². The molecule has 0 radical (unpaired) electrons. The van der Waals surface area contributed by atoms with Gasteiger partial charge in [0, 0.05) is 24.3 Å². The fourth-order valence-corrected chi connectivity index (χ4v) is 1.99. The van der Waals surface area contributed by atoms with Gasteiger partial charge >= 0.3 is 12.0 Å². The summed E-state index contributed by atoms with van der Waals surface area (Å²) in [4.78, 5) is 24.3. The van der Waals surface area contributed by atoms with Gasteiger partial charge in [-0.2, -0.15) is 0 Å². The first-order valence-corrected chi connectivity index (χ1v) is 6.64. The number of carboxylic acid groups (broad SMARTS) is 1. The van der Waals surface area contributed by atoms with E-state index in [1.54, 1.807) is 0 Å². The molecule has 2 amide bonds. The third-order valence-corrected chi connectivity index (χ3v) is 3.22. The predicted molar refractivity (Wildman–Crippen MR) is 74.0 cm³/mol. The first-order chi connectivity index (χ1) is 10.0. The average Bonchev–Trinajstić information content (AvgIpc) is 3.25. The van der Waals surface area contributed by atoms with Gasteiger partial charge in [0.25, 0.3) is 0 Å². The van der Waals surface area contributed by atoms with Gasteiger partial charge in [-0.15, -0.1) is 0 Å². The lowest BCUT2D eigenvalue weighted by molar-refractivity contribution is -0.137. The van der Waals surface area contributed by atoms with Crippen LogP contribution in [0.15, 0.2) is 18.2 Å². The molecule has 6 nitrogen and oxygen atoms in total. The van der Waals surface area contributed by atoms with E-state index in [4.69, 9.17) is 9.84 Å². The van der Waals surface area contributed by atoms with Crippen molar-refractivity contribution in [2.75, 3.05) is 19.0 Å². The minimum atomic E-state index is -0.947. The van der Waals surface area contributed by atoms with E-state index in [0.717, 1.165) is 12.8 Å². The van der Waals surface area contributed by atoms with Crippen LogP contribution in [0.25, 0.3) is 0 Å². The zero-order valence-corrected chi connectivity index (χ0v) is 11.6. The number of rotatable bonds is 6. The number of carboxylic acids is 1. The molecule has 0 aliphatic heterocycles. The van der Waals surface area contributed by atoms with Crippen LogP contribution in [0.1, 0.15) is 19.3 Å². The van der Waals surface area contributed by atoms with Gasteiger partial charge in [0.2, 0.25) is 0 Å². The fraction of sp³-hybridized carbons (Fsp3) is 0.429. The number of carbonyl (C=O) groups is 2. The lowest BCUT2D eigenvalue weighted by Gasteiger charge is -2.22. The summed E-state index contributed by atoms with van der Waals surface area (Å²) in [5.41, 5.74) is 0.402. The number of benzene rings is 1. The summed E-state index contributed by atoms with van der Waals surface area (Å²) >= 11 is 0. The Hall–Kier alpha value is -2.31. The van der Waals surface area contributed by atoms with Gasteiger partial charge in [-0.1, -0.05) is 0 Å². The highest BCUT2D eigenvalue weighted by molar-refractivity contribution is 5.90. The molecule has 0 saturated heterocycles. The Morgan fingerprint density at radius 3 is 2.76 bits per heavy atom. The number of aliphatic carboxylic acids is 1. The quantitative estimate of drug-likeness (QED) is 0.844. The molecule has 21 heavy (non-hydrogen) atoms. The molecule has 0 aromatic heterocycles. The van der Waals surface area contributed by atoms with Crippen LogP contribution in [-0.2, 0) is 4.79 Å². The second-order valence-corrected chi connectivity index (χ2v) is 4.85. The largest absolute Gasteiger partial charge is 0.494 e. The average molecular weight is 296 g/mol. The summed E-state index contributed by atoms with van der Waals surface area (Å²) in [6.45, 7) is 0.157. The van der Waals surface area contributed by atoms with Gasteiger partial charge < -0.3 is 20.1 Å². The first-order valence-electron chi connectivity index (χ1n) is 6.64. The van der Waals surface area contributed by atoms with Crippen molar-refractivity contribution in [2.45, 2.75) is 25.3 Å². The Labute approximate surface area is 121 Å². The van der Waals surface area contributed by atoms with Crippen LogP contribution in [-0.4, -0.2) is 41.7 Å². The van der Waals surface area contributed by atoms with E-state index >= 15 is 0 Å². The minimum absolute atomic E-state index is 0.0382. The maximum Gasteiger partial charge on any atom is 0.322 e. The van der Waals surface area contributed by atoms with Crippen molar-refractivity contribution < 1.29 is 23.8 Å². The Balaban J connectivity index is 2.02. The molecule has 1 aliphatic carbocycles. The van der Waals surface area contributed by atoms with Crippen molar-refractivity contribution in [3.8, 4) is 5.75 Å². The van der Waals surface area contributed by atoms with Crippen molar-refractivity contribution >= 4 is 17.7 Å². The standard InChI is InChI=1S/C14H17FN2O4/c1-21-12-8-9(2-5-11(12)15)16-14(20)17(10-3-4-10)7-6-13(18)19/h2,5,8,10H,3-4,6-7H2,1H3,(H,16,20)(H,18,19). The van der Waals surface area contributed by atoms with Crippen LogP contribution >= 0.6 is 0 Å². The van der Waals surface area contributed by atoms with Crippen LogP contribution in [0.4, 0.5) is 14.9 Å². The summed E-state index contributed by atoms with van der Waals surface area (Å²) < 4.78 is 18.1. The number of methoxy groups -OCH3 is 1. The molecule has 0 atom stereocenters. The fourth-order valence-electron chi connectivity index (χ4n) is 1.99. The topological polar surface area (TPSA) is 78.9 Å². The highest BCUT2D eigenvalue weighted by Crippen LogP contribution is 2.28. The second-order valence-electron chi connectivity index (χ2n) is 4.85. The van der Waals surface area contributed by atoms with Crippen molar-refractivity contribution in [1.29, 1.82) is 0 Å². The number of hydrogen-bond donors (Lipinski definition) is 2. The Morgan fingerprint density at radius 1 is 1.48 bits per heavy atom. The first kappa shape index (κ1) is 15.1. The number of nitrogens with one attached hydrogen (secondary N) is 1. The Bertz CT molecular complexity index is 546. The summed E-state index contributed by atoms with van der Waals surface area (Å²) in [7, 11) is 1.34. The van der Waals surface area contributed by atoms with E-state index in [-0.39, 0.29) is 30.8 Å². The van der Waals surface area contributed by atoms with Crippen LogP contribution < -0.4 is 10.1 Å². The molecule has 0 spiro atoms. The molecule has 1 aliphatic rings. The zero-order valence-electron chi connectivity index (χ0n) is 11.6. The normalized spacial score (nSPS) is 13.6. The number of anilines is 1. The third kappa shape index (κ3) is 4.08. The van der Waals surface area contributed by atoms with Gasteiger partial charge in [-0.3, -0.25) is 4.79 Å². The van der Waals surface area contributed by atoms with Crippen molar-refractivity contribution in [2.24, 2.45) is 0 Å². The molecular weight excluding hydrogens is 279 g/mol. The number of hydrogen-bond acceptors (Lipinski definition) is 3. The molecule has 114 valence electrons. The van der Waals surface area contributed by atoms with Gasteiger partial charge in [0.05, 0.1) is 13.5 Å². The van der Waals surface area contributed by atoms with Gasteiger partial charge in [-0.05, 0) is 25.0 Å². The number of amides is 2. The van der Waals surface area contributed by atoms with Crippen LogP contribution in [0, 0.1) is 5.82 Å². The molecular formula is C14H17FN2O4. The van der Waals surface area contributed by atoms with Crippen molar-refractivity contribution in [3.05, 3.63) is 24.0 Å². The minimum Gasteiger partial charge on any atom is -0.494 e. The van der Waals surface area contributed by atoms with Crippen molar-refractivity contribution in [3.63, 3.8) is 0 Å². The molecule has 1 saturated carbocycles. The smallest absolute Gasteiger partial charge is 0.322 e.